The highest BCUT2D eigenvalue weighted by Gasteiger charge is 2.37. The van der Waals surface area contributed by atoms with Crippen molar-refractivity contribution >= 4 is 5.91 Å². The van der Waals surface area contributed by atoms with Gasteiger partial charge < -0.3 is 14.4 Å². The van der Waals surface area contributed by atoms with E-state index in [-0.39, 0.29) is 6.04 Å². The smallest absolute Gasteiger partial charge is 0.240 e. The van der Waals surface area contributed by atoms with Crippen molar-refractivity contribution in [2.24, 2.45) is 0 Å². The van der Waals surface area contributed by atoms with Crippen molar-refractivity contribution in [3.63, 3.8) is 0 Å². The maximum Gasteiger partial charge on any atom is 0.240 e. The molecule has 0 unspecified atom stereocenters. The number of likely N-dealkylation sites (tertiary alicyclic amines) is 1. The maximum absolute atomic E-state index is 12.4. The van der Waals surface area contributed by atoms with E-state index in [9.17, 15) is 4.79 Å². The van der Waals surface area contributed by atoms with Crippen molar-refractivity contribution < 1.29 is 14.3 Å². The lowest BCUT2D eigenvalue weighted by molar-refractivity contribution is -0.140. The number of morpholine rings is 1. The molecule has 5 nitrogen and oxygen atoms in total. The molecule has 0 radical (unpaired) electrons. The summed E-state index contributed by atoms with van der Waals surface area (Å²) in [4.78, 5) is 16.7. The molecule has 0 saturated carbocycles. The normalized spacial score (nSPS) is 34.0. The predicted molar refractivity (Wildman–Crippen MR) is 61.7 cm³/mol. The van der Waals surface area contributed by atoms with Gasteiger partial charge in [-0.1, -0.05) is 0 Å². The van der Waals surface area contributed by atoms with Gasteiger partial charge in [0.1, 0.15) is 0 Å². The van der Waals surface area contributed by atoms with Gasteiger partial charge >= 0.3 is 0 Å². The number of amides is 1. The first kappa shape index (κ1) is 11.4. The second kappa shape index (κ2) is 4.92. The van der Waals surface area contributed by atoms with Crippen LogP contribution in [0.15, 0.2) is 0 Å². The van der Waals surface area contributed by atoms with E-state index in [1.165, 1.54) is 0 Å². The fourth-order valence-electron chi connectivity index (χ4n) is 2.75. The highest BCUT2D eigenvalue weighted by atomic mass is 16.6. The Bertz CT molecular complexity index is 287. The van der Waals surface area contributed by atoms with Gasteiger partial charge in [-0.15, -0.1) is 0 Å². The van der Waals surface area contributed by atoms with Gasteiger partial charge in [0, 0.05) is 19.6 Å². The van der Waals surface area contributed by atoms with Crippen LogP contribution in [0.3, 0.4) is 0 Å². The molecule has 0 bridgehead atoms. The quantitative estimate of drug-likeness (QED) is 0.636. The van der Waals surface area contributed by atoms with Gasteiger partial charge in [0.2, 0.25) is 5.91 Å². The Morgan fingerprint density at radius 3 is 2.71 bits per heavy atom. The summed E-state index contributed by atoms with van der Waals surface area (Å²) < 4.78 is 10.5. The van der Waals surface area contributed by atoms with E-state index < -0.39 is 0 Å². The highest BCUT2D eigenvalue weighted by Crippen LogP contribution is 2.23. The molecule has 3 heterocycles. The Balaban J connectivity index is 1.58. The number of rotatable bonds is 3. The van der Waals surface area contributed by atoms with E-state index in [0.717, 1.165) is 45.6 Å². The zero-order valence-electron chi connectivity index (χ0n) is 10.1. The van der Waals surface area contributed by atoms with E-state index in [1.54, 1.807) is 0 Å². The molecule has 3 saturated heterocycles. The van der Waals surface area contributed by atoms with Gasteiger partial charge in [-0.25, -0.2) is 0 Å². The van der Waals surface area contributed by atoms with Crippen molar-refractivity contribution in [3.05, 3.63) is 0 Å². The predicted octanol–water partition coefficient (Wildman–Crippen LogP) is -0.292. The van der Waals surface area contributed by atoms with E-state index in [1.807, 2.05) is 4.90 Å². The fraction of sp³-hybridized carbons (Fsp3) is 0.917. The number of carbonyl (C=O) groups excluding carboxylic acids is 1. The summed E-state index contributed by atoms with van der Waals surface area (Å²) in [5.41, 5.74) is 0. The SMILES string of the molecule is O=C([C@@H]1CCCN1C[C@H]1CO1)N1CCOCC1. The molecule has 17 heavy (non-hydrogen) atoms. The molecule has 0 N–H and O–H groups in total. The molecule has 96 valence electrons. The van der Waals surface area contributed by atoms with E-state index in [4.69, 9.17) is 9.47 Å². The monoisotopic (exact) mass is 240 g/mol. The maximum atomic E-state index is 12.4. The van der Waals surface area contributed by atoms with Crippen molar-refractivity contribution in [1.29, 1.82) is 0 Å². The van der Waals surface area contributed by atoms with Crippen LogP contribution in [-0.2, 0) is 14.3 Å². The van der Waals surface area contributed by atoms with Crippen LogP contribution in [0, 0.1) is 0 Å². The van der Waals surface area contributed by atoms with Gasteiger partial charge in [-0.05, 0) is 19.4 Å². The van der Waals surface area contributed by atoms with Crippen molar-refractivity contribution in [1.82, 2.24) is 9.80 Å². The van der Waals surface area contributed by atoms with Gasteiger partial charge in [-0.3, -0.25) is 9.69 Å². The molecule has 0 aromatic carbocycles. The Kier molecular flexibility index (Phi) is 3.31. The van der Waals surface area contributed by atoms with E-state index >= 15 is 0 Å². The molecule has 0 aliphatic carbocycles. The highest BCUT2D eigenvalue weighted by molar-refractivity contribution is 5.82. The third kappa shape index (κ3) is 2.61. The summed E-state index contributed by atoms with van der Waals surface area (Å²) in [7, 11) is 0. The molecule has 3 aliphatic rings. The molecular formula is C12H20N2O3. The second-order valence-electron chi connectivity index (χ2n) is 5.05. The minimum atomic E-state index is 0.0947. The van der Waals surface area contributed by atoms with Crippen LogP contribution in [0.25, 0.3) is 0 Å². The van der Waals surface area contributed by atoms with Gasteiger partial charge in [0.15, 0.2) is 0 Å². The average molecular weight is 240 g/mol. The number of hydrogen-bond acceptors (Lipinski definition) is 4. The number of ether oxygens (including phenoxy) is 2. The van der Waals surface area contributed by atoms with Crippen LogP contribution in [0.1, 0.15) is 12.8 Å². The summed E-state index contributed by atoms with van der Waals surface area (Å²) in [6.45, 7) is 5.72. The lowest BCUT2D eigenvalue weighted by atomic mass is 10.2. The summed E-state index contributed by atoms with van der Waals surface area (Å²) in [5, 5.41) is 0. The molecule has 5 heteroatoms. The summed E-state index contributed by atoms with van der Waals surface area (Å²) >= 11 is 0. The first-order valence-electron chi connectivity index (χ1n) is 6.57. The second-order valence-corrected chi connectivity index (χ2v) is 5.05. The Labute approximate surface area is 102 Å². The molecule has 3 rings (SSSR count). The zero-order chi connectivity index (χ0) is 11.7. The van der Waals surface area contributed by atoms with Crippen LogP contribution >= 0.6 is 0 Å². The summed E-state index contributed by atoms with van der Waals surface area (Å²) in [6.07, 6.45) is 2.52. The minimum absolute atomic E-state index is 0.0947. The third-order valence-electron chi connectivity index (χ3n) is 3.81. The molecular weight excluding hydrogens is 220 g/mol. The standard InChI is InChI=1S/C12H20N2O3/c15-12(13-4-6-16-7-5-13)11-2-1-3-14(11)8-10-9-17-10/h10-11H,1-9H2/t10-,11-/m0/s1. The molecule has 0 aromatic rings. The van der Waals surface area contributed by atoms with E-state index in [0.29, 0.717) is 25.2 Å². The Hall–Kier alpha value is -0.650. The third-order valence-corrected chi connectivity index (χ3v) is 3.81. The van der Waals surface area contributed by atoms with Crippen molar-refractivity contribution in [2.45, 2.75) is 25.0 Å². The van der Waals surface area contributed by atoms with Gasteiger partial charge in [0.25, 0.3) is 0 Å². The molecule has 3 fully saturated rings. The first-order chi connectivity index (χ1) is 8.34. The van der Waals surface area contributed by atoms with Crippen LogP contribution < -0.4 is 0 Å². The van der Waals surface area contributed by atoms with Crippen molar-refractivity contribution in [3.8, 4) is 0 Å². The van der Waals surface area contributed by atoms with Gasteiger partial charge in [0.05, 0.1) is 32.0 Å². The molecule has 2 atom stereocenters. The number of nitrogens with zero attached hydrogens (tertiary/aromatic N) is 2. The van der Waals surface area contributed by atoms with Crippen LogP contribution in [0.5, 0.6) is 0 Å². The number of carbonyl (C=O) groups is 1. The topological polar surface area (TPSA) is 45.3 Å². The lowest BCUT2D eigenvalue weighted by Gasteiger charge is -2.32. The summed E-state index contributed by atoms with van der Waals surface area (Å²) in [5.74, 6) is 0.298. The largest absolute Gasteiger partial charge is 0.378 e. The van der Waals surface area contributed by atoms with Gasteiger partial charge in [-0.2, -0.15) is 0 Å². The van der Waals surface area contributed by atoms with E-state index in [2.05, 4.69) is 4.90 Å². The first-order valence-corrected chi connectivity index (χ1v) is 6.57. The van der Waals surface area contributed by atoms with Crippen LogP contribution in [0.2, 0.25) is 0 Å². The molecule has 3 aliphatic heterocycles. The Morgan fingerprint density at radius 2 is 2.00 bits per heavy atom. The fourth-order valence-corrected chi connectivity index (χ4v) is 2.75. The average Bonchev–Trinajstić information content (AvgIpc) is 3.06. The van der Waals surface area contributed by atoms with Crippen LogP contribution in [-0.4, -0.2) is 73.9 Å². The number of hydrogen-bond donors (Lipinski definition) is 0. The lowest BCUT2D eigenvalue weighted by Crippen LogP contribution is -2.50. The Morgan fingerprint density at radius 1 is 1.24 bits per heavy atom. The molecule has 0 spiro atoms. The van der Waals surface area contributed by atoms with Crippen molar-refractivity contribution in [2.75, 3.05) is 46.0 Å². The number of epoxide rings is 1. The zero-order valence-corrected chi connectivity index (χ0v) is 10.1. The molecule has 1 amide bonds. The summed E-state index contributed by atoms with van der Waals surface area (Å²) in [6, 6.07) is 0.0947. The van der Waals surface area contributed by atoms with Crippen LogP contribution in [0.4, 0.5) is 0 Å². The minimum Gasteiger partial charge on any atom is -0.378 e. The molecule has 0 aromatic heterocycles.